The first kappa shape index (κ1) is 25.4. The van der Waals surface area contributed by atoms with Crippen molar-refractivity contribution in [3.05, 3.63) is 42.5 Å². The second kappa shape index (κ2) is 12.8. The third kappa shape index (κ3) is 8.68. The van der Waals surface area contributed by atoms with Crippen LogP contribution in [-0.4, -0.2) is 24.4 Å². The molecule has 0 aliphatic carbocycles. The molecule has 0 fully saturated rings. The van der Waals surface area contributed by atoms with Gasteiger partial charge in [0.15, 0.2) is 0 Å². The van der Waals surface area contributed by atoms with Crippen molar-refractivity contribution in [1.29, 1.82) is 0 Å². The van der Waals surface area contributed by atoms with Crippen molar-refractivity contribution in [2.24, 2.45) is 0 Å². The van der Waals surface area contributed by atoms with Crippen LogP contribution in [0.25, 0.3) is 10.8 Å². The maximum atomic E-state index is 11.7. The zero-order chi connectivity index (χ0) is 21.7. The van der Waals surface area contributed by atoms with Crippen LogP contribution in [0.4, 0.5) is 0 Å². The van der Waals surface area contributed by atoms with Gasteiger partial charge in [0, 0.05) is 0 Å². The third-order valence-corrected chi connectivity index (χ3v) is 10.2. The minimum atomic E-state index is -2.83. The summed E-state index contributed by atoms with van der Waals surface area (Å²) >= 11 is 0. The zero-order valence-electron chi connectivity index (χ0n) is 20.0. The van der Waals surface area contributed by atoms with Gasteiger partial charge in [0.1, 0.15) is 0 Å². The fourth-order valence-corrected chi connectivity index (χ4v) is 7.63. The summed E-state index contributed by atoms with van der Waals surface area (Å²) in [5.41, 5.74) is 0. The number of hydrogen-bond donors (Lipinski definition) is 1. The van der Waals surface area contributed by atoms with Crippen LogP contribution in [-0.2, 0) is 0 Å². The van der Waals surface area contributed by atoms with E-state index < -0.39 is 6.83 Å². The summed E-state index contributed by atoms with van der Waals surface area (Å²) in [6, 6.07) is 14.9. The number of hydrogen-bond acceptors (Lipinski definition) is 1. The Balaban J connectivity index is 1.60. The second-order valence-corrected chi connectivity index (χ2v) is 15.7. The molecule has 0 atom stereocenters. The molecule has 0 amide bonds. The van der Waals surface area contributed by atoms with E-state index in [-0.39, 0.29) is 0 Å². The van der Waals surface area contributed by atoms with Gasteiger partial charge in [0.2, 0.25) is 0 Å². The van der Waals surface area contributed by atoms with Crippen LogP contribution in [0.2, 0.25) is 0 Å². The molecule has 2 heteroatoms. The molecule has 0 unspecified atom stereocenters. The summed E-state index contributed by atoms with van der Waals surface area (Å²) in [4.78, 5) is 11.7. The molecule has 2 aromatic carbocycles. The maximum absolute atomic E-state index is 11.7. The van der Waals surface area contributed by atoms with Crippen LogP contribution in [0.15, 0.2) is 42.5 Å². The average Bonchev–Trinajstić information content (AvgIpc) is 2.73. The Labute approximate surface area is 186 Å². The van der Waals surface area contributed by atoms with Crippen LogP contribution >= 0.6 is 6.83 Å². The standard InChI is InChI=1S/C28H47OP/c1-4-5-6-7-8-9-10-11-12-13-14-15-16-19-25-30(2,3,29)28-24-20-22-26-21-17-18-23-27(26)28/h17-18,20-24,29H,4-16,19,25H2,1-3H3. The summed E-state index contributed by atoms with van der Waals surface area (Å²) in [5.74, 6) is 0. The Kier molecular flexibility index (Phi) is 10.8. The van der Waals surface area contributed by atoms with Crippen molar-refractivity contribution in [3.63, 3.8) is 0 Å². The van der Waals surface area contributed by atoms with Gasteiger partial charge in [0.25, 0.3) is 0 Å². The van der Waals surface area contributed by atoms with E-state index in [2.05, 4.69) is 62.7 Å². The van der Waals surface area contributed by atoms with Crippen molar-refractivity contribution in [3.8, 4) is 0 Å². The first-order chi connectivity index (χ1) is 14.4. The van der Waals surface area contributed by atoms with Crippen molar-refractivity contribution < 1.29 is 4.89 Å². The third-order valence-electron chi connectivity index (χ3n) is 6.70. The molecule has 0 radical (unpaired) electrons. The molecule has 0 saturated heterocycles. The summed E-state index contributed by atoms with van der Waals surface area (Å²) < 4.78 is 0. The van der Waals surface area contributed by atoms with Gasteiger partial charge in [0.05, 0.1) is 0 Å². The minimum absolute atomic E-state index is 0.942. The molecule has 0 bridgehead atoms. The molecular weight excluding hydrogens is 383 g/mol. The van der Waals surface area contributed by atoms with E-state index in [1.54, 1.807) is 0 Å². The first-order valence-corrected chi connectivity index (χ1v) is 15.9. The summed E-state index contributed by atoms with van der Waals surface area (Å²) in [6.45, 7) is 3.73. The van der Waals surface area contributed by atoms with Crippen molar-refractivity contribution in [1.82, 2.24) is 0 Å². The predicted octanol–water partition coefficient (Wildman–Crippen LogP) is 8.67. The van der Waals surface area contributed by atoms with Gasteiger partial charge < -0.3 is 0 Å². The monoisotopic (exact) mass is 430 g/mol. The number of benzene rings is 2. The van der Waals surface area contributed by atoms with Crippen molar-refractivity contribution >= 4 is 22.9 Å². The summed E-state index contributed by atoms with van der Waals surface area (Å²) in [5, 5.41) is 3.66. The van der Waals surface area contributed by atoms with Crippen LogP contribution < -0.4 is 5.30 Å². The first-order valence-electron chi connectivity index (χ1n) is 12.7. The van der Waals surface area contributed by atoms with Crippen molar-refractivity contribution in [2.45, 2.75) is 96.8 Å². The van der Waals surface area contributed by atoms with E-state index in [1.165, 1.54) is 99.5 Å². The Hall–Kier alpha value is -0.910. The van der Waals surface area contributed by atoms with E-state index in [1.807, 2.05) is 0 Å². The summed E-state index contributed by atoms with van der Waals surface area (Å²) in [6.07, 6.45) is 20.2. The number of rotatable bonds is 16. The molecule has 0 saturated carbocycles. The van der Waals surface area contributed by atoms with Gasteiger partial charge in [-0.15, -0.1) is 0 Å². The van der Waals surface area contributed by atoms with Gasteiger partial charge in [-0.1, -0.05) is 26.2 Å². The zero-order valence-corrected chi connectivity index (χ0v) is 20.9. The van der Waals surface area contributed by atoms with Crippen LogP contribution in [0.5, 0.6) is 0 Å². The Morgan fingerprint density at radius 1 is 0.600 bits per heavy atom. The van der Waals surface area contributed by atoms with Crippen LogP contribution in [0.1, 0.15) is 96.8 Å². The quantitative estimate of drug-likeness (QED) is 0.209. The topological polar surface area (TPSA) is 20.2 Å². The predicted molar refractivity (Wildman–Crippen MR) is 140 cm³/mol. The molecule has 2 aromatic rings. The Bertz CT molecular complexity index is 723. The van der Waals surface area contributed by atoms with E-state index >= 15 is 0 Å². The van der Waals surface area contributed by atoms with E-state index in [4.69, 9.17) is 0 Å². The van der Waals surface area contributed by atoms with E-state index in [0.29, 0.717) is 0 Å². The van der Waals surface area contributed by atoms with E-state index in [9.17, 15) is 4.89 Å². The van der Waals surface area contributed by atoms with Crippen molar-refractivity contribution in [2.75, 3.05) is 19.5 Å². The Morgan fingerprint density at radius 2 is 1.07 bits per heavy atom. The molecule has 30 heavy (non-hydrogen) atoms. The molecule has 0 heterocycles. The summed E-state index contributed by atoms with van der Waals surface area (Å²) in [7, 11) is 0. The van der Waals surface area contributed by atoms with Gasteiger partial charge in [-0.25, -0.2) is 0 Å². The van der Waals surface area contributed by atoms with Gasteiger partial charge >= 0.3 is 160 Å². The van der Waals surface area contributed by atoms with Gasteiger partial charge in [-0.3, -0.25) is 0 Å². The van der Waals surface area contributed by atoms with Crippen LogP contribution in [0.3, 0.4) is 0 Å². The molecule has 0 aliphatic heterocycles. The SMILES string of the molecule is CCCCCCCCCCCCCCCCP(C)(C)(O)c1cccc2ccccc12. The molecule has 170 valence electrons. The number of fused-ring (bicyclic) bond motifs is 1. The van der Waals surface area contributed by atoms with Gasteiger partial charge in [-0.2, -0.15) is 0 Å². The average molecular weight is 431 g/mol. The molecule has 0 spiro atoms. The fraction of sp³-hybridized carbons (Fsp3) is 0.643. The van der Waals surface area contributed by atoms with Gasteiger partial charge in [-0.05, 0) is 0 Å². The van der Waals surface area contributed by atoms with E-state index in [0.717, 1.165) is 12.6 Å². The molecule has 1 N–H and O–H groups in total. The fourth-order valence-electron chi connectivity index (χ4n) is 4.72. The molecule has 0 aromatic heterocycles. The van der Waals surface area contributed by atoms with Crippen LogP contribution in [0, 0.1) is 0 Å². The molecular formula is C28H47OP. The molecule has 0 aliphatic rings. The normalized spacial score (nSPS) is 13.4. The Morgan fingerprint density at radius 3 is 1.63 bits per heavy atom. The molecule has 1 nitrogen and oxygen atoms in total. The second-order valence-electron chi connectivity index (χ2n) is 10.1. The molecule has 2 rings (SSSR count). The number of unbranched alkanes of at least 4 members (excludes halogenated alkanes) is 13.